The summed E-state index contributed by atoms with van der Waals surface area (Å²) in [6.45, 7) is 4.63. The van der Waals surface area contributed by atoms with Crippen LogP contribution >= 0.6 is 0 Å². The lowest BCUT2D eigenvalue weighted by molar-refractivity contribution is 0.700. The van der Waals surface area contributed by atoms with Crippen LogP contribution in [0, 0.1) is 5.92 Å². The summed E-state index contributed by atoms with van der Waals surface area (Å²) in [6, 6.07) is 4.26. The van der Waals surface area contributed by atoms with Gasteiger partial charge < -0.3 is 0 Å². The molecule has 0 bridgehead atoms. The molecule has 0 amide bonds. The largest absolute Gasteiger partial charge is 0.265 e. The normalized spacial score (nSPS) is 35.3. The zero-order chi connectivity index (χ0) is 7.90. The second-order valence-corrected chi connectivity index (χ2v) is 3.76. The van der Waals surface area contributed by atoms with Crippen LogP contribution in [0.3, 0.4) is 0 Å². The maximum Gasteiger partial charge on any atom is 0.0270 e. The van der Waals surface area contributed by atoms with Crippen LogP contribution in [0.2, 0.25) is 0 Å². The second-order valence-electron chi connectivity index (χ2n) is 3.76. The van der Waals surface area contributed by atoms with E-state index in [0.717, 1.165) is 5.92 Å². The van der Waals surface area contributed by atoms with Gasteiger partial charge in [0.2, 0.25) is 0 Å². The topological polar surface area (TPSA) is 12.9 Å². The summed E-state index contributed by atoms with van der Waals surface area (Å²) in [5, 5.41) is 0. The summed E-state index contributed by atoms with van der Waals surface area (Å²) < 4.78 is 0. The van der Waals surface area contributed by atoms with Crippen LogP contribution in [0.5, 0.6) is 0 Å². The molecule has 0 aliphatic heterocycles. The highest BCUT2D eigenvalue weighted by Gasteiger charge is 2.47. The average molecular weight is 147 g/mol. The summed E-state index contributed by atoms with van der Waals surface area (Å²) in [5.74, 6) is 0.852. The van der Waals surface area contributed by atoms with Gasteiger partial charge in [-0.25, -0.2) is 0 Å². The van der Waals surface area contributed by atoms with E-state index in [0.29, 0.717) is 5.41 Å². The Labute approximate surface area is 67.5 Å². The van der Waals surface area contributed by atoms with Gasteiger partial charge in [-0.15, -0.1) is 0 Å². The van der Waals surface area contributed by atoms with Crippen molar-refractivity contribution in [3.05, 3.63) is 30.1 Å². The van der Waals surface area contributed by atoms with Crippen molar-refractivity contribution in [1.29, 1.82) is 0 Å². The third-order valence-corrected chi connectivity index (χ3v) is 3.00. The number of aromatic nitrogens is 1. The molecule has 11 heavy (non-hydrogen) atoms. The lowest BCUT2D eigenvalue weighted by Crippen LogP contribution is -2.02. The maximum atomic E-state index is 4.01. The Morgan fingerprint density at radius 1 is 1.45 bits per heavy atom. The first-order valence-electron chi connectivity index (χ1n) is 4.14. The van der Waals surface area contributed by atoms with Gasteiger partial charge in [-0.2, -0.15) is 0 Å². The molecule has 1 heterocycles. The quantitative estimate of drug-likeness (QED) is 0.594. The van der Waals surface area contributed by atoms with Gasteiger partial charge >= 0.3 is 0 Å². The van der Waals surface area contributed by atoms with E-state index in [9.17, 15) is 0 Å². The predicted octanol–water partition coefficient (Wildman–Crippen LogP) is 2.38. The monoisotopic (exact) mass is 147 g/mol. The molecule has 0 saturated heterocycles. The number of hydrogen-bond donors (Lipinski definition) is 0. The van der Waals surface area contributed by atoms with Crippen molar-refractivity contribution in [2.24, 2.45) is 5.92 Å². The van der Waals surface area contributed by atoms with E-state index in [2.05, 4.69) is 31.0 Å². The van der Waals surface area contributed by atoms with Crippen molar-refractivity contribution in [1.82, 2.24) is 4.98 Å². The highest BCUT2D eigenvalue weighted by Crippen LogP contribution is 2.53. The lowest BCUT2D eigenvalue weighted by Gasteiger charge is -2.08. The molecule has 1 saturated carbocycles. The fraction of sp³-hybridized carbons (Fsp3) is 0.500. The highest BCUT2D eigenvalue weighted by atomic mass is 14.6. The Kier molecular flexibility index (Phi) is 1.28. The van der Waals surface area contributed by atoms with Crippen LogP contribution in [0.1, 0.15) is 25.8 Å². The van der Waals surface area contributed by atoms with Gasteiger partial charge in [-0.3, -0.25) is 4.98 Å². The molecule has 0 aromatic carbocycles. The Morgan fingerprint density at radius 3 is 2.45 bits per heavy atom. The van der Waals surface area contributed by atoms with Gasteiger partial charge in [0.25, 0.3) is 0 Å². The first-order chi connectivity index (χ1) is 5.23. The lowest BCUT2D eigenvalue weighted by atomic mass is 9.97. The summed E-state index contributed by atoms with van der Waals surface area (Å²) in [5.41, 5.74) is 1.91. The number of hydrogen-bond acceptors (Lipinski definition) is 1. The Balaban J connectivity index is 2.32. The third-order valence-electron chi connectivity index (χ3n) is 3.00. The van der Waals surface area contributed by atoms with Crippen molar-refractivity contribution < 1.29 is 0 Å². The van der Waals surface area contributed by atoms with Crippen LogP contribution in [-0.4, -0.2) is 4.98 Å². The SMILES string of the molecule is CC1CC1(C)c1ccncc1. The van der Waals surface area contributed by atoms with Crippen molar-refractivity contribution in [2.75, 3.05) is 0 Å². The average Bonchev–Trinajstić information content (AvgIpc) is 2.64. The number of rotatable bonds is 1. The predicted molar refractivity (Wildman–Crippen MR) is 45.4 cm³/mol. The van der Waals surface area contributed by atoms with Crippen LogP contribution < -0.4 is 0 Å². The minimum Gasteiger partial charge on any atom is -0.265 e. The van der Waals surface area contributed by atoms with E-state index in [1.165, 1.54) is 12.0 Å². The smallest absolute Gasteiger partial charge is 0.0270 e. The summed E-state index contributed by atoms with van der Waals surface area (Å²) in [6.07, 6.45) is 5.09. The van der Waals surface area contributed by atoms with Crippen LogP contribution in [0.15, 0.2) is 24.5 Å². The molecule has 0 N–H and O–H groups in total. The first kappa shape index (κ1) is 6.84. The summed E-state index contributed by atoms with van der Waals surface area (Å²) in [7, 11) is 0. The van der Waals surface area contributed by atoms with Gasteiger partial charge in [0.15, 0.2) is 0 Å². The fourth-order valence-electron chi connectivity index (χ4n) is 1.71. The van der Waals surface area contributed by atoms with Gasteiger partial charge in [-0.05, 0) is 35.4 Å². The molecule has 1 fully saturated rings. The molecular weight excluding hydrogens is 134 g/mol. The minimum atomic E-state index is 0.461. The maximum absolute atomic E-state index is 4.01. The van der Waals surface area contributed by atoms with E-state index in [1.807, 2.05) is 12.4 Å². The standard InChI is InChI=1S/C10H13N/c1-8-7-10(8,2)9-3-5-11-6-4-9/h3-6,8H,7H2,1-2H3. The molecule has 2 rings (SSSR count). The Morgan fingerprint density at radius 2 is 2.00 bits per heavy atom. The summed E-state index contributed by atoms with van der Waals surface area (Å²) in [4.78, 5) is 4.01. The molecule has 2 unspecified atom stereocenters. The van der Waals surface area contributed by atoms with E-state index in [-0.39, 0.29) is 0 Å². The Hall–Kier alpha value is -0.850. The van der Waals surface area contributed by atoms with Crippen LogP contribution in [0.4, 0.5) is 0 Å². The molecule has 0 radical (unpaired) electrons. The number of nitrogens with zero attached hydrogens (tertiary/aromatic N) is 1. The van der Waals surface area contributed by atoms with Gasteiger partial charge in [0, 0.05) is 12.4 Å². The molecule has 1 aromatic rings. The van der Waals surface area contributed by atoms with E-state index >= 15 is 0 Å². The summed E-state index contributed by atoms with van der Waals surface area (Å²) >= 11 is 0. The van der Waals surface area contributed by atoms with Gasteiger partial charge in [0.1, 0.15) is 0 Å². The highest BCUT2D eigenvalue weighted by molar-refractivity contribution is 5.29. The van der Waals surface area contributed by atoms with Crippen LogP contribution in [-0.2, 0) is 5.41 Å². The third kappa shape index (κ3) is 0.953. The molecule has 2 atom stereocenters. The zero-order valence-electron chi connectivity index (χ0n) is 7.04. The van der Waals surface area contributed by atoms with Crippen molar-refractivity contribution in [3.8, 4) is 0 Å². The minimum absolute atomic E-state index is 0.461. The fourth-order valence-corrected chi connectivity index (χ4v) is 1.71. The van der Waals surface area contributed by atoms with Crippen molar-refractivity contribution >= 4 is 0 Å². The molecule has 1 aromatic heterocycles. The second kappa shape index (κ2) is 2.07. The molecule has 58 valence electrons. The Bertz CT molecular complexity index is 255. The zero-order valence-corrected chi connectivity index (χ0v) is 7.04. The van der Waals surface area contributed by atoms with Gasteiger partial charge in [0.05, 0.1) is 0 Å². The molecule has 1 aliphatic rings. The number of pyridine rings is 1. The molecule has 1 aliphatic carbocycles. The van der Waals surface area contributed by atoms with Gasteiger partial charge in [-0.1, -0.05) is 13.8 Å². The van der Waals surface area contributed by atoms with E-state index in [1.54, 1.807) is 0 Å². The van der Waals surface area contributed by atoms with Crippen molar-refractivity contribution in [3.63, 3.8) is 0 Å². The first-order valence-corrected chi connectivity index (χ1v) is 4.14. The molecule has 1 nitrogen and oxygen atoms in total. The van der Waals surface area contributed by atoms with E-state index < -0.39 is 0 Å². The van der Waals surface area contributed by atoms with Crippen LogP contribution in [0.25, 0.3) is 0 Å². The van der Waals surface area contributed by atoms with E-state index in [4.69, 9.17) is 0 Å². The molecule has 1 heteroatoms. The van der Waals surface area contributed by atoms with Crippen molar-refractivity contribution in [2.45, 2.75) is 25.7 Å². The molecular formula is C10H13N. The molecule has 0 spiro atoms.